The van der Waals surface area contributed by atoms with E-state index in [-0.39, 0.29) is 11.5 Å². The summed E-state index contributed by atoms with van der Waals surface area (Å²) in [6, 6.07) is 6.70. The van der Waals surface area contributed by atoms with Crippen molar-refractivity contribution in [2.24, 2.45) is 0 Å². The Balaban J connectivity index is 2.73. The maximum atomic E-state index is 10.9. The van der Waals surface area contributed by atoms with E-state index in [4.69, 9.17) is 5.11 Å². The topological polar surface area (TPSA) is 66.4 Å². The largest absolute Gasteiger partial charge is 0.478 e. The first-order valence-corrected chi connectivity index (χ1v) is 4.84. The molecule has 0 aromatic heterocycles. The number of carbonyl (C=O) groups excluding carboxylic acids is 1. The minimum absolute atomic E-state index is 0.115. The zero-order valence-electron chi connectivity index (χ0n) is 8.93. The second-order valence-electron chi connectivity index (χ2n) is 3.23. The summed E-state index contributed by atoms with van der Waals surface area (Å²) in [5, 5.41) is 11.5. The van der Waals surface area contributed by atoms with Gasteiger partial charge in [0.2, 0.25) is 5.91 Å². The molecular formula is C12H13NO3. The average molecular weight is 219 g/mol. The van der Waals surface area contributed by atoms with Crippen molar-refractivity contribution >= 4 is 18.0 Å². The molecule has 0 spiro atoms. The molecule has 84 valence electrons. The molecule has 0 fully saturated rings. The predicted molar refractivity (Wildman–Crippen MR) is 61.1 cm³/mol. The lowest BCUT2D eigenvalue weighted by molar-refractivity contribution is -0.118. The molecule has 1 aromatic carbocycles. The van der Waals surface area contributed by atoms with Crippen LogP contribution in [0.2, 0.25) is 0 Å². The van der Waals surface area contributed by atoms with Gasteiger partial charge >= 0.3 is 5.97 Å². The summed E-state index contributed by atoms with van der Waals surface area (Å²) in [5.41, 5.74) is 0.877. The molecule has 0 atom stereocenters. The van der Waals surface area contributed by atoms with Crippen molar-refractivity contribution in [3.8, 4) is 0 Å². The minimum atomic E-state index is -0.959. The highest BCUT2D eigenvalue weighted by molar-refractivity contribution is 5.92. The monoisotopic (exact) mass is 219 g/mol. The fourth-order valence-electron chi connectivity index (χ4n) is 1.23. The van der Waals surface area contributed by atoms with E-state index in [1.807, 2.05) is 0 Å². The van der Waals surface area contributed by atoms with Gasteiger partial charge in [0, 0.05) is 13.5 Å². The van der Waals surface area contributed by atoms with Crippen LogP contribution in [0.3, 0.4) is 0 Å². The molecule has 4 heteroatoms. The molecule has 0 heterocycles. The quantitative estimate of drug-likeness (QED) is 0.807. The number of nitrogens with one attached hydrogen (secondary N) is 1. The number of benzene rings is 1. The SMILES string of the molecule is CC(=O)NCC=Cc1ccccc1C(=O)O. The zero-order valence-corrected chi connectivity index (χ0v) is 8.93. The normalized spacial score (nSPS) is 10.3. The van der Waals surface area contributed by atoms with Crippen LogP contribution in [0.5, 0.6) is 0 Å². The number of carboxylic acid groups (broad SMARTS) is 1. The lowest BCUT2D eigenvalue weighted by Gasteiger charge is -2.00. The number of carbonyl (C=O) groups is 2. The maximum Gasteiger partial charge on any atom is 0.336 e. The molecule has 1 rings (SSSR count). The van der Waals surface area contributed by atoms with Crippen molar-refractivity contribution in [3.63, 3.8) is 0 Å². The molecule has 4 nitrogen and oxygen atoms in total. The predicted octanol–water partition coefficient (Wildman–Crippen LogP) is 1.53. The average Bonchev–Trinajstić information content (AvgIpc) is 2.24. The summed E-state index contributed by atoms with van der Waals surface area (Å²) in [5.74, 6) is -1.07. The van der Waals surface area contributed by atoms with Crippen molar-refractivity contribution in [2.75, 3.05) is 6.54 Å². The van der Waals surface area contributed by atoms with Crippen molar-refractivity contribution in [3.05, 3.63) is 41.5 Å². The van der Waals surface area contributed by atoms with E-state index in [9.17, 15) is 9.59 Å². The molecule has 1 aromatic rings. The van der Waals surface area contributed by atoms with E-state index in [0.29, 0.717) is 12.1 Å². The summed E-state index contributed by atoms with van der Waals surface area (Å²) in [7, 11) is 0. The minimum Gasteiger partial charge on any atom is -0.478 e. The number of hydrogen-bond donors (Lipinski definition) is 2. The first kappa shape index (κ1) is 12.0. The van der Waals surface area contributed by atoms with Gasteiger partial charge in [-0.05, 0) is 11.6 Å². The number of carboxylic acids is 1. The fourth-order valence-corrected chi connectivity index (χ4v) is 1.23. The molecule has 0 saturated carbocycles. The van der Waals surface area contributed by atoms with Crippen LogP contribution >= 0.6 is 0 Å². The van der Waals surface area contributed by atoms with E-state index in [0.717, 1.165) is 0 Å². The molecule has 0 saturated heterocycles. The lowest BCUT2D eigenvalue weighted by atomic mass is 10.1. The fraction of sp³-hybridized carbons (Fsp3) is 0.167. The van der Waals surface area contributed by atoms with Crippen LogP contribution in [0.1, 0.15) is 22.8 Å². The standard InChI is InChI=1S/C12H13NO3/c1-9(14)13-8-4-6-10-5-2-3-7-11(10)12(15)16/h2-7H,8H2,1H3,(H,13,14)(H,15,16). The second-order valence-corrected chi connectivity index (χ2v) is 3.23. The molecule has 0 aliphatic carbocycles. The van der Waals surface area contributed by atoms with Crippen LogP contribution in [0.15, 0.2) is 30.3 Å². The van der Waals surface area contributed by atoms with Crippen LogP contribution in [0.4, 0.5) is 0 Å². The lowest BCUT2D eigenvalue weighted by Crippen LogP contribution is -2.19. The molecular weight excluding hydrogens is 206 g/mol. The third-order valence-corrected chi connectivity index (χ3v) is 1.96. The van der Waals surface area contributed by atoms with Gasteiger partial charge in [-0.2, -0.15) is 0 Å². The van der Waals surface area contributed by atoms with E-state index >= 15 is 0 Å². The number of hydrogen-bond acceptors (Lipinski definition) is 2. The first-order valence-electron chi connectivity index (χ1n) is 4.84. The molecule has 0 aliphatic rings. The highest BCUT2D eigenvalue weighted by Crippen LogP contribution is 2.10. The Bertz CT molecular complexity index is 424. The van der Waals surface area contributed by atoms with E-state index in [1.165, 1.54) is 6.92 Å². The third kappa shape index (κ3) is 3.57. The molecule has 0 unspecified atom stereocenters. The van der Waals surface area contributed by atoms with E-state index in [1.54, 1.807) is 36.4 Å². The van der Waals surface area contributed by atoms with Crippen LogP contribution in [-0.4, -0.2) is 23.5 Å². The molecule has 16 heavy (non-hydrogen) atoms. The van der Waals surface area contributed by atoms with Gasteiger partial charge in [0.15, 0.2) is 0 Å². The molecule has 0 bridgehead atoms. The van der Waals surface area contributed by atoms with Gasteiger partial charge in [-0.1, -0.05) is 30.4 Å². The van der Waals surface area contributed by atoms with Crippen LogP contribution in [0, 0.1) is 0 Å². The molecule has 2 N–H and O–H groups in total. The maximum absolute atomic E-state index is 10.9. The number of aromatic carboxylic acids is 1. The van der Waals surface area contributed by atoms with Crippen LogP contribution in [-0.2, 0) is 4.79 Å². The van der Waals surface area contributed by atoms with Crippen molar-refractivity contribution in [2.45, 2.75) is 6.92 Å². The van der Waals surface area contributed by atoms with E-state index < -0.39 is 5.97 Å². The Morgan fingerprint density at radius 1 is 1.38 bits per heavy atom. The highest BCUT2D eigenvalue weighted by Gasteiger charge is 2.05. The molecule has 0 aliphatic heterocycles. The van der Waals surface area contributed by atoms with Gasteiger partial charge in [0.1, 0.15) is 0 Å². The summed E-state index contributed by atoms with van der Waals surface area (Å²) < 4.78 is 0. The summed E-state index contributed by atoms with van der Waals surface area (Å²) in [4.78, 5) is 21.5. The Labute approximate surface area is 93.6 Å². The third-order valence-electron chi connectivity index (χ3n) is 1.96. The van der Waals surface area contributed by atoms with E-state index in [2.05, 4.69) is 5.32 Å². The Morgan fingerprint density at radius 3 is 2.69 bits per heavy atom. The smallest absolute Gasteiger partial charge is 0.336 e. The molecule has 0 radical (unpaired) electrons. The molecule has 1 amide bonds. The zero-order chi connectivity index (χ0) is 12.0. The van der Waals surface area contributed by atoms with Gasteiger partial charge in [0.05, 0.1) is 5.56 Å². The van der Waals surface area contributed by atoms with Crippen LogP contribution < -0.4 is 5.32 Å². The summed E-state index contributed by atoms with van der Waals surface area (Å²) in [6.07, 6.45) is 3.39. The Kier molecular flexibility index (Phi) is 4.27. The van der Waals surface area contributed by atoms with Gasteiger partial charge < -0.3 is 10.4 Å². The van der Waals surface area contributed by atoms with Gasteiger partial charge in [0.25, 0.3) is 0 Å². The summed E-state index contributed by atoms with van der Waals surface area (Å²) in [6.45, 7) is 1.82. The number of rotatable bonds is 4. The van der Waals surface area contributed by atoms with Crippen molar-refractivity contribution in [1.82, 2.24) is 5.32 Å². The van der Waals surface area contributed by atoms with Crippen LogP contribution in [0.25, 0.3) is 6.08 Å². The first-order chi connectivity index (χ1) is 7.61. The Morgan fingerprint density at radius 2 is 2.06 bits per heavy atom. The highest BCUT2D eigenvalue weighted by atomic mass is 16.4. The number of amides is 1. The van der Waals surface area contributed by atoms with Gasteiger partial charge in [-0.25, -0.2) is 4.79 Å². The van der Waals surface area contributed by atoms with Gasteiger partial charge in [-0.3, -0.25) is 4.79 Å². The van der Waals surface area contributed by atoms with Crippen molar-refractivity contribution < 1.29 is 14.7 Å². The Hall–Kier alpha value is -2.10. The summed E-state index contributed by atoms with van der Waals surface area (Å²) >= 11 is 0. The van der Waals surface area contributed by atoms with Crippen molar-refractivity contribution in [1.29, 1.82) is 0 Å². The van der Waals surface area contributed by atoms with Gasteiger partial charge in [-0.15, -0.1) is 0 Å². The second kappa shape index (κ2) is 5.70.